The molecular weight excluding hydrogens is 349 g/mol. The highest BCUT2D eigenvalue weighted by Gasteiger charge is 2.19. The van der Waals surface area contributed by atoms with E-state index >= 15 is 0 Å². The minimum atomic E-state index is -0.513. The van der Waals surface area contributed by atoms with Gasteiger partial charge in [0.1, 0.15) is 5.82 Å². The molecule has 1 aromatic heterocycles. The summed E-state index contributed by atoms with van der Waals surface area (Å²) in [6, 6.07) is 21.3. The third-order valence-electron chi connectivity index (χ3n) is 4.45. The number of hydrogen-bond acceptors (Lipinski definition) is 1. The number of ketones is 1. The molecule has 4 aromatic rings. The first-order chi connectivity index (χ1) is 12.6. The van der Waals surface area contributed by atoms with Gasteiger partial charge in [0.15, 0.2) is 5.78 Å². The fourth-order valence-electron chi connectivity index (χ4n) is 3.16. The number of hydrogen-bond donors (Lipinski definition) is 0. The number of nitrogens with zero attached hydrogens (tertiary/aromatic N) is 1. The monoisotopic (exact) mass is 363 g/mol. The number of halogens is 2. The van der Waals surface area contributed by atoms with Gasteiger partial charge in [0.25, 0.3) is 0 Å². The van der Waals surface area contributed by atoms with E-state index in [2.05, 4.69) is 0 Å². The molecule has 0 fully saturated rings. The van der Waals surface area contributed by atoms with Crippen molar-refractivity contribution in [2.75, 3.05) is 0 Å². The van der Waals surface area contributed by atoms with Crippen molar-refractivity contribution in [2.45, 2.75) is 6.54 Å². The molecule has 0 unspecified atom stereocenters. The van der Waals surface area contributed by atoms with Crippen molar-refractivity contribution in [3.8, 4) is 0 Å². The van der Waals surface area contributed by atoms with Gasteiger partial charge in [0.05, 0.1) is 5.56 Å². The van der Waals surface area contributed by atoms with Crippen molar-refractivity contribution in [1.82, 2.24) is 4.57 Å². The number of para-hydroxylation sites is 1. The average molecular weight is 364 g/mol. The first-order valence-corrected chi connectivity index (χ1v) is 8.63. The van der Waals surface area contributed by atoms with Gasteiger partial charge in [-0.1, -0.05) is 60.1 Å². The van der Waals surface area contributed by atoms with Crippen LogP contribution >= 0.6 is 11.6 Å². The Morgan fingerprint density at radius 1 is 0.885 bits per heavy atom. The Morgan fingerprint density at radius 2 is 1.58 bits per heavy atom. The summed E-state index contributed by atoms with van der Waals surface area (Å²) in [5.74, 6) is -0.836. The first-order valence-electron chi connectivity index (χ1n) is 8.25. The van der Waals surface area contributed by atoms with E-state index < -0.39 is 5.82 Å². The molecule has 1 heterocycles. The van der Waals surface area contributed by atoms with Crippen LogP contribution in [0.1, 0.15) is 21.5 Å². The predicted octanol–water partition coefficient (Wildman–Crippen LogP) is 5.71. The predicted molar refractivity (Wildman–Crippen MR) is 102 cm³/mol. The highest BCUT2D eigenvalue weighted by atomic mass is 35.5. The van der Waals surface area contributed by atoms with Crippen molar-refractivity contribution >= 4 is 28.3 Å². The standard InChI is InChI=1S/C22H15ClFNO/c23-19-10-4-1-7-15(19)13-25-14-18(16-8-3-6-12-21(16)25)22(26)17-9-2-5-11-20(17)24/h1-12,14H,13H2. The van der Waals surface area contributed by atoms with Crippen LogP contribution in [0, 0.1) is 5.82 Å². The minimum absolute atomic E-state index is 0.0770. The van der Waals surface area contributed by atoms with Crippen molar-refractivity contribution in [3.05, 3.63) is 107 Å². The van der Waals surface area contributed by atoms with Gasteiger partial charge >= 0.3 is 0 Å². The molecule has 26 heavy (non-hydrogen) atoms. The Hall–Kier alpha value is -2.91. The van der Waals surface area contributed by atoms with Gasteiger partial charge in [-0.05, 0) is 29.8 Å². The SMILES string of the molecule is O=C(c1ccccc1F)c1cn(Cc2ccccc2Cl)c2ccccc12. The van der Waals surface area contributed by atoms with Gasteiger partial charge in [-0.2, -0.15) is 0 Å². The van der Waals surface area contributed by atoms with Gasteiger partial charge < -0.3 is 4.57 Å². The number of benzene rings is 3. The zero-order chi connectivity index (χ0) is 18.1. The van der Waals surface area contributed by atoms with Crippen LogP contribution in [0.5, 0.6) is 0 Å². The minimum Gasteiger partial charge on any atom is -0.342 e. The Kier molecular flexibility index (Phi) is 4.31. The average Bonchev–Trinajstić information content (AvgIpc) is 3.02. The van der Waals surface area contributed by atoms with E-state index in [4.69, 9.17) is 11.6 Å². The topological polar surface area (TPSA) is 22.0 Å². The third kappa shape index (κ3) is 2.91. The highest BCUT2D eigenvalue weighted by Crippen LogP contribution is 2.26. The highest BCUT2D eigenvalue weighted by molar-refractivity contribution is 6.31. The molecule has 3 aromatic carbocycles. The van der Waals surface area contributed by atoms with Crippen LogP contribution in [0.2, 0.25) is 5.02 Å². The van der Waals surface area contributed by atoms with E-state index in [0.29, 0.717) is 17.1 Å². The van der Waals surface area contributed by atoms with Gasteiger partial charge in [0.2, 0.25) is 0 Å². The van der Waals surface area contributed by atoms with Crippen molar-refractivity contribution in [2.24, 2.45) is 0 Å². The fraction of sp³-hybridized carbons (Fsp3) is 0.0455. The molecule has 0 saturated carbocycles. The van der Waals surface area contributed by atoms with E-state index in [1.807, 2.05) is 53.1 Å². The van der Waals surface area contributed by atoms with Gasteiger partial charge in [0, 0.05) is 34.2 Å². The summed E-state index contributed by atoms with van der Waals surface area (Å²) in [7, 11) is 0. The van der Waals surface area contributed by atoms with E-state index in [1.54, 1.807) is 18.3 Å². The lowest BCUT2D eigenvalue weighted by atomic mass is 10.0. The Bertz CT molecular complexity index is 1120. The van der Waals surface area contributed by atoms with E-state index in [0.717, 1.165) is 16.5 Å². The van der Waals surface area contributed by atoms with Crippen LogP contribution in [0.15, 0.2) is 79.0 Å². The third-order valence-corrected chi connectivity index (χ3v) is 4.82. The summed E-state index contributed by atoms with van der Waals surface area (Å²) < 4.78 is 16.1. The summed E-state index contributed by atoms with van der Waals surface area (Å²) in [6.07, 6.45) is 1.78. The second-order valence-corrected chi connectivity index (χ2v) is 6.50. The van der Waals surface area contributed by atoms with Crippen LogP contribution in [0.25, 0.3) is 10.9 Å². The molecular formula is C22H15ClFNO. The largest absolute Gasteiger partial charge is 0.342 e. The normalized spacial score (nSPS) is 11.0. The molecule has 0 atom stereocenters. The Labute approximate surface area is 155 Å². The fourth-order valence-corrected chi connectivity index (χ4v) is 3.35. The molecule has 0 aliphatic heterocycles. The van der Waals surface area contributed by atoms with Gasteiger partial charge in [-0.25, -0.2) is 4.39 Å². The maximum Gasteiger partial charge on any atom is 0.198 e. The van der Waals surface area contributed by atoms with Crippen LogP contribution in [-0.4, -0.2) is 10.4 Å². The van der Waals surface area contributed by atoms with Crippen LogP contribution < -0.4 is 0 Å². The van der Waals surface area contributed by atoms with E-state index in [9.17, 15) is 9.18 Å². The molecule has 0 saturated heterocycles. The maximum absolute atomic E-state index is 14.1. The molecule has 128 valence electrons. The second kappa shape index (κ2) is 6.77. The van der Waals surface area contributed by atoms with Crippen LogP contribution in [0.3, 0.4) is 0 Å². The van der Waals surface area contributed by atoms with Gasteiger partial charge in [-0.15, -0.1) is 0 Å². The van der Waals surface area contributed by atoms with Gasteiger partial charge in [-0.3, -0.25) is 4.79 Å². The van der Waals surface area contributed by atoms with Crippen molar-refractivity contribution in [3.63, 3.8) is 0 Å². The molecule has 2 nitrogen and oxygen atoms in total. The summed E-state index contributed by atoms with van der Waals surface area (Å²) in [6.45, 7) is 0.532. The second-order valence-electron chi connectivity index (χ2n) is 6.09. The molecule has 4 heteroatoms. The molecule has 0 radical (unpaired) electrons. The summed E-state index contributed by atoms with van der Waals surface area (Å²) in [5.41, 5.74) is 2.43. The van der Waals surface area contributed by atoms with Crippen molar-refractivity contribution < 1.29 is 9.18 Å². The maximum atomic E-state index is 14.1. The Balaban J connectivity index is 1.83. The smallest absolute Gasteiger partial charge is 0.198 e. The molecule has 0 amide bonds. The van der Waals surface area contributed by atoms with Crippen LogP contribution in [0.4, 0.5) is 4.39 Å². The Morgan fingerprint density at radius 3 is 2.38 bits per heavy atom. The summed E-state index contributed by atoms with van der Waals surface area (Å²) >= 11 is 6.28. The molecule has 0 bridgehead atoms. The molecule has 0 N–H and O–H groups in total. The number of carbonyl (C=O) groups is 1. The zero-order valence-corrected chi connectivity index (χ0v) is 14.6. The van der Waals surface area contributed by atoms with E-state index in [-0.39, 0.29) is 11.3 Å². The van der Waals surface area contributed by atoms with E-state index in [1.165, 1.54) is 12.1 Å². The molecule has 0 aliphatic carbocycles. The summed E-state index contributed by atoms with van der Waals surface area (Å²) in [4.78, 5) is 12.9. The lowest BCUT2D eigenvalue weighted by Crippen LogP contribution is -2.04. The molecule has 4 rings (SSSR count). The van der Waals surface area contributed by atoms with Crippen LogP contribution in [-0.2, 0) is 6.54 Å². The first kappa shape index (κ1) is 16.6. The number of carbonyl (C=O) groups excluding carboxylic acids is 1. The molecule has 0 aliphatic rings. The lowest BCUT2D eigenvalue weighted by molar-refractivity contribution is 0.103. The zero-order valence-electron chi connectivity index (χ0n) is 13.8. The molecule has 0 spiro atoms. The number of rotatable bonds is 4. The summed E-state index contributed by atoms with van der Waals surface area (Å²) in [5, 5.41) is 1.47. The number of fused-ring (bicyclic) bond motifs is 1. The quantitative estimate of drug-likeness (QED) is 0.425. The number of aromatic nitrogens is 1. The lowest BCUT2D eigenvalue weighted by Gasteiger charge is -2.07. The van der Waals surface area contributed by atoms with Crippen molar-refractivity contribution in [1.29, 1.82) is 0 Å².